The SMILES string of the molecule is CCC(C)(CC)C(=O)OCC(C)(COC(=O)C(C)(CC)CC)C(=O)OCCOC(=O)C(C)(COC(=O)C(C)(CC)CC)COC(=O)C(C)(CC)CC. The van der Waals surface area contributed by atoms with Gasteiger partial charge in [0.1, 0.15) is 50.5 Å². The second-order valence-electron chi connectivity index (χ2n) is 15.8. The third-order valence-corrected chi connectivity index (χ3v) is 11.8. The van der Waals surface area contributed by atoms with E-state index in [2.05, 4.69) is 0 Å². The van der Waals surface area contributed by atoms with Crippen LogP contribution in [-0.2, 0) is 57.2 Å². The van der Waals surface area contributed by atoms with E-state index in [1.807, 2.05) is 55.4 Å². The van der Waals surface area contributed by atoms with Crippen LogP contribution in [0.3, 0.4) is 0 Å². The molecule has 0 aliphatic heterocycles. The second kappa shape index (κ2) is 20.9. The van der Waals surface area contributed by atoms with Gasteiger partial charge in [-0.2, -0.15) is 0 Å². The van der Waals surface area contributed by atoms with Crippen LogP contribution in [0.2, 0.25) is 0 Å². The zero-order chi connectivity index (χ0) is 40.6. The van der Waals surface area contributed by atoms with Crippen molar-refractivity contribution in [3.63, 3.8) is 0 Å². The molecule has 0 aromatic rings. The molecular weight excluding hydrogens is 672 g/mol. The van der Waals surface area contributed by atoms with Crippen LogP contribution >= 0.6 is 0 Å². The summed E-state index contributed by atoms with van der Waals surface area (Å²) in [7, 11) is 0. The van der Waals surface area contributed by atoms with Crippen molar-refractivity contribution in [3.05, 3.63) is 0 Å². The lowest BCUT2D eigenvalue weighted by Crippen LogP contribution is -2.44. The van der Waals surface area contributed by atoms with Gasteiger partial charge in [-0.05, 0) is 92.9 Å². The molecule has 0 aliphatic carbocycles. The average Bonchev–Trinajstić information content (AvgIpc) is 3.16. The van der Waals surface area contributed by atoms with Crippen molar-refractivity contribution in [2.75, 3.05) is 39.6 Å². The summed E-state index contributed by atoms with van der Waals surface area (Å²) in [6, 6.07) is 0. The maximum Gasteiger partial charge on any atom is 0.318 e. The summed E-state index contributed by atoms with van der Waals surface area (Å²) in [5.41, 5.74) is -6.16. The van der Waals surface area contributed by atoms with Gasteiger partial charge in [-0.1, -0.05) is 55.4 Å². The molecule has 0 rings (SSSR count). The topological polar surface area (TPSA) is 158 Å². The molecule has 0 N–H and O–H groups in total. The first-order chi connectivity index (χ1) is 24.0. The van der Waals surface area contributed by atoms with Crippen molar-refractivity contribution >= 4 is 35.8 Å². The summed E-state index contributed by atoms with van der Waals surface area (Å²) in [6.07, 6.45) is 4.22. The van der Waals surface area contributed by atoms with E-state index in [1.54, 1.807) is 27.7 Å². The summed E-state index contributed by atoms with van der Waals surface area (Å²) < 4.78 is 33.4. The van der Waals surface area contributed by atoms with E-state index < -0.39 is 94.7 Å². The van der Waals surface area contributed by atoms with Crippen LogP contribution in [-0.4, -0.2) is 75.5 Å². The minimum absolute atomic E-state index is 0.380. The Bertz CT molecular complexity index is 1030. The zero-order valence-corrected chi connectivity index (χ0v) is 34.8. The smallest absolute Gasteiger partial charge is 0.318 e. The highest BCUT2D eigenvalue weighted by molar-refractivity contribution is 5.82. The monoisotopic (exact) mass is 742 g/mol. The third kappa shape index (κ3) is 12.7. The first-order valence-electron chi connectivity index (χ1n) is 19.1. The maximum atomic E-state index is 13.5. The molecule has 0 atom stereocenters. The van der Waals surface area contributed by atoms with Crippen LogP contribution in [0.5, 0.6) is 0 Å². The van der Waals surface area contributed by atoms with Gasteiger partial charge in [0.15, 0.2) is 0 Å². The Labute approximate surface area is 313 Å². The molecule has 0 heterocycles. The molecule has 0 spiro atoms. The van der Waals surface area contributed by atoms with Crippen LogP contribution < -0.4 is 0 Å². The summed E-state index contributed by atoms with van der Waals surface area (Å²) in [5, 5.41) is 0. The summed E-state index contributed by atoms with van der Waals surface area (Å²) in [6.45, 7) is 22.7. The van der Waals surface area contributed by atoms with Gasteiger partial charge in [-0.25, -0.2) is 0 Å². The molecule has 52 heavy (non-hydrogen) atoms. The Morgan fingerprint density at radius 2 is 0.442 bits per heavy atom. The molecule has 0 fully saturated rings. The van der Waals surface area contributed by atoms with Crippen molar-refractivity contribution in [1.29, 1.82) is 0 Å². The standard InChI is InChI=1S/C40H70O12/c1-15-35(9,16-2)29(41)49-25-39(13,26-50-30(42)36(10,17-3)18-4)33(45)47-23-24-48-34(46)40(14,27-51-31(43)37(11,19-5)20-6)28-52-32(44)38(12,21-7)22-8/h15-28H2,1-14H3. The third-order valence-electron chi connectivity index (χ3n) is 11.8. The molecule has 0 aromatic carbocycles. The molecule has 0 saturated carbocycles. The lowest BCUT2D eigenvalue weighted by Gasteiger charge is -2.32. The minimum atomic E-state index is -1.56. The predicted molar refractivity (Wildman–Crippen MR) is 197 cm³/mol. The van der Waals surface area contributed by atoms with Crippen LogP contribution in [0.25, 0.3) is 0 Å². The Morgan fingerprint density at radius 1 is 0.288 bits per heavy atom. The van der Waals surface area contributed by atoms with E-state index in [0.29, 0.717) is 51.4 Å². The van der Waals surface area contributed by atoms with Crippen LogP contribution in [0, 0.1) is 32.5 Å². The van der Waals surface area contributed by atoms with Crippen molar-refractivity contribution < 1.29 is 57.2 Å². The van der Waals surface area contributed by atoms with Crippen molar-refractivity contribution in [3.8, 4) is 0 Å². The highest BCUT2D eigenvalue weighted by Crippen LogP contribution is 2.33. The number of carbonyl (C=O) groups is 6. The van der Waals surface area contributed by atoms with Crippen molar-refractivity contribution in [1.82, 2.24) is 0 Å². The summed E-state index contributed by atoms with van der Waals surface area (Å²) >= 11 is 0. The van der Waals surface area contributed by atoms with Gasteiger partial charge in [-0.15, -0.1) is 0 Å². The molecular formula is C40H70O12. The van der Waals surface area contributed by atoms with Gasteiger partial charge < -0.3 is 28.4 Å². The van der Waals surface area contributed by atoms with Gasteiger partial charge in [0, 0.05) is 0 Å². The fraction of sp³-hybridized carbons (Fsp3) is 0.850. The van der Waals surface area contributed by atoms with Gasteiger partial charge >= 0.3 is 35.8 Å². The van der Waals surface area contributed by atoms with Crippen LogP contribution in [0.15, 0.2) is 0 Å². The van der Waals surface area contributed by atoms with Gasteiger partial charge in [-0.3, -0.25) is 28.8 Å². The molecule has 0 unspecified atom stereocenters. The Kier molecular flexibility index (Phi) is 19.6. The minimum Gasteiger partial charge on any atom is -0.464 e. The molecule has 0 radical (unpaired) electrons. The highest BCUT2D eigenvalue weighted by Gasteiger charge is 2.44. The lowest BCUT2D eigenvalue weighted by atomic mass is 9.84. The highest BCUT2D eigenvalue weighted by atomic mass is 16.6. The fourth-order valence-corrected chi connectivity index (χ4v) is 4.69. The Hall–Kier alpha value is -3.18. The Balaban J connectivity index is 5.97. The largest absolute Gasteiger partial charge is 0.464 e. The number of rotatable bonds is 25. The summed E-state index contributed by atoms with van der Waals surface area (Å²) in [5.74, 6) is -3.59. The molecule has 12 nitrogen and oxygen atoms in total. The van der Waals surface area contributed by atoms with Gasteiger partial charge in [0.2, 0.25) is 0 Å². The van der Waals surface area contributed by atoms with E-state index in [1.165, 1.54) is 13.8 Å². The second-order valence-corrected chi connectivity index (χ2v) is 15.8. The number of hydrogen-bond donors (Lipinski definition) is 0. The number of hydrogen-bond acceptors (Lipinski definition) is 12. The Morgan fingerprint density at radius 3 is 0.596 bits per heavy atom. The van der Waals surface area contributed by atoms with Crippen molar-refractivity contribution in [2.45, 2.75) is 148 Å². The number of ether oxygens (including phenoxy) is 6. The van der Waals surface area contributed by atoms with E-state index >= 15 is 0 Å². The van der Waals surface area contributed by atoms with E-state index in [-0.39, 0.29) is 13.2 Å². The van der Waals surface area contributed by atoms with E-state index in [9.17, 15) is 28.8 Å². The van der Waals surface area contributed by atoms with Crippen LogP contribution in [0.1, 0.15) is 148 Å². The normalized spacial score (nSPS) is 12.8. The van der Waals surface area contributed by atoms with E-state index in [4.69, 9.17) is 28.4 Å². The first kappa shape index (κ1) is 48.8. The van der Waals surface area contributed by atoms with E-state index in [0.717, 1.165) is 0 Å². The molecule has 0 aliphatic rings. The molecule has 0 aromatic heterocycles. The maximum absolute atomic E-state index is 13.5. The number of esters is 6. The van der Waals surface area contributed by atoms with Crippen molar-refractivity contribution in [2.24, 2.45) is 32.5 Å². The van der Waals surface area contributed by atoms with Gasteiger partial charge in [0.25, 0.3) is 0 Å². The molecule has 12 heteroatoms. The quantitative estimate of drug-likeness (QED) is 0.0514. The fourth-order valence-electron chi connectivity index (χ4n) is 4.69. The molecule has 0 bridgehead atoms. The number of carbonyl (C=O) groups excluding carboxylic acids is 6. The zero-order valence-electron chi connectivity index (χ0n) is 34.8. The predicted octanol–water partition coefficient (Wildman–Crippen LogP) is 7.56. The summed E-state index contributed by atoms with van der Waals surface area (Å²) in [4.78, 5) is 78.9. The molecule has 0 amide bonds. The average molecular weight is 743 g/mol. The lowest BCUT2D eigenvalue weighted by molar-refractivity contribution is -0.183. The first-order valence-corrected chi connectivity index (χ1v) is 19.1. The molecule has 0 saturated heterocycles. The van der Waals surface area contributed by atoms with Gasteiger partial charge in [0.05, 0.1) is 21.7 Å². The molecule has 302 valence electrons. The van der Waals surface area contributed by atoms with Crippen LogP contribution in [0.4, 0.5) is 0 Å².